The molecule has 1 aromatic heterocycles. The van der Waals surface area contributed by atoms with Gasteiger partial charge in [0.15, 0.2) is 0 Å². The second-order valence-electron chi connectivity index (χ2n) is 3.17. The molecule has 0 atom stereocenters. The van der Waals surface area contributed by atoms with E-state index in [0.29, 0.717) is 6.54 Å². The number of rotatable bonds is 1. The number of furan rings is 1. The van der Waals surface area contributed by atoms with Crippen LogP contribution in [-0.2, 0) is 6.54 Å². The fourth-order valence-corrected chi connectivity index (χ4v) is 0.810. The Balaban J connectivity index is 0.000000261. The zero-order chi connectivity index (χ0) is 9.56. The van der Waals surface area contributed by atoms with E-state index in [2.05, 4.69) is 36.7 Å². The second-order valence-corrected chi connectivity index (χ2v) is 4.08. The maximum absolute atomic E-state index is 5.25. The highest BCUT2D eigenvalue weighted by atomic mass is 79.9. The van der Waals surface area contributed by atoms with Crippen LogP contribution >= 0.6 is 15.9 Å². The number of nitrogens with two attached hydrogens (primary N) is 1. The second kappa shape index (κ2) is 6.26. The Bertz CT molecular complexity index is 205. The summed E-state index contributed by atoms with van der Waals surface area (Å²) in [5, 5.41) is 0. The molecule has 0 aromatic carbocycles. The molecule has 0 saturated heterocycles. The van der Waals surface area contributed by atoms with Crippen molar-refractivity contribution >= 4 is 15.9 Å². The highest BCUT2D eigenvalue weighted by Crippen LogP contribution is 2.12. The number of hydrogen-bond donors (Lipinski definition) is 1. The average Bonchev–Trinajstić information content (AvgIpc) is 2.34. The molecule has 12 heavy (non-hydrogen) atoms. The van der Waals surface area contributed by atoms with Gasteiger partial charge in [-0.25, -0.2) is 0 Å². The summed E-state index contributed by atoms with van der Waals surface area (Å²) in [7, 11) is 0. The van der Waals surface area contributed by atoms with Gasteiger partial charge >= 0.3 is 0 Å². The molecule has 1 rings (SSSR count). The molecule has 0 saturated carbocycles. The van der Waals surface area contributed by atoms with Gasteiger partial charge in [-0.15, -0.1) is 0 Å². The third-order valence-electron chi connectivity index (χ3n) is 0.823. The Morgan fingerprint density at radius 2 is 2.00 bits per heavy atom. The van der Waals surface area contributed by atoms with Crippen LogP contribution in [-0.4, -0.2) is 0 Å². The van der Waals surface area contributed by atoms with Gasteiger partial charge in [-0.3, -0.25) is 0 Å². The van der Waals surface area contributed by atoms with E-state index >= 15 is 0 Å². The first kappa shape index (κ1) is 11.7. The molecule has 0 aliphatic rings. The highest BCUT2D eigenvalue weighted by Gasteiger charge is 1.92. The lowest BCUT2D eigenvalue weighted by Gasteiger charge is -1.80. The van der Waals surface area contributed by atoms with Crippen LogP contribution in [0.3, 0.4) is 0 Å². The summed E-state index contributed by atoms with van der Waals surface area (Å²) in [6.45, 7) is 6.96. The standard InChI is InChI=1S/C5H6BrNO.C4H10/c6-4-1-5(2-7)8-3-4;1-4(2)3/h1,3H,2,7H2;4H,1-3H3. The van der Waals surface area contributed by atoms with Gasteiger partial charge < -0.3 is 10.2 Å². The molecule has 3 heteroatoms. The zero-order valence-corrected chi connectivity index (χ0v) is 9.39. The Labute approximate surface area is 82.3 Å². The maximum Gasteiger partial charge on any atom is 0.118 e. The lowest BCUT2D eigenvalue weighted by molar-refractivity contribution is 0.511. The molecular weight excluding hydrogens is 218 g/mol. The van der Waals surface area contributed by atoms with Gasteiger partial charge in [0, 0.05) is 0 Å². The average molecular weight is 234 g/mol. The normalized spacial score (nSPS) is 9.50. The van der Waals surface area contributed by atoms with Crippen molar-refractivity contribution in [1.29, 1.82) is 0 Å². The molecule has 0 unspecified atom stereocenters. The first-order chi connectivity index (χ1) is 5.56. The van der Waals surface area contributed by atoms with Gasteiger partial charge in [0.25, 0.3) is 0 Å². The smallest absolute Gasteiger partial charge is 0.118 e. The van der Waals surface area contributed by atoms with Crippen LogP contribution in [0.2, 0.25) is 0 Å². The molecule has 2 nitrogen and oxygen atoms in total. The number of halogens is 1. The van der Waals surface area contributed by atoms with E-state index in [-0.39, 0.29) is 0 Å². The van der Waals surface area contributed by atoms with E-state index in [1.807, 2.05) is 6.07 Å². The van der Waals surface area contributed by atoms with Gasteiger partial charge in [0.2, 0.25) is 0 Å². The van der Waals surface area contributed by atoms with Crippen molar-refractivity contribution in [2.75, 3.05) is 0 Å². The summed E-state index contributed by atoms with van der Waals surface area (Å²) in [6, 6.07) is 1.85. The Morgan fingerprint density at radius 1 is 1.50 bits per heavy atom. The van der Waals surface area contributed by atoms with E-state index in [1.165, 1.54) is 0 Å². The minimum atomic E-state index is 0.464. The van der Waals surface area contributed by atoms with Crippen molar-refractivity contribution in [1.82, 2.24) is 0 Å². The molecular formula is C9H16BrNO. The minimum Gasteiger partial charge on any atom is -0.467 e. The summed E-state index contributed by atoms with van der Waals surface area (Å²) in [5.41, 5.74) is 5.25. The van der Waals surface area contributed by atoms with Crippen molar-refractivity contribution in [3.63, 3.8) is 0 Å². The first-order valence-corrected chi connectivity index (χ1v) is 4.78. The predicted octanol–water partition coefficient (Wildman–Crippen LogP) is 3.16. The Hall–Kier alpha value is -0.280. The molecule has 0 amide bonds. The molecule has 1 aromatic rings. The predicted molar refractivity (Wildman–Crippen MR) is 54.8 cm³/mol. The van der Waals surface area contributed by atoms with E-state index < -0.39 is 0 Å². The maximum atomic E-state index is 5.25. The molecule has 0 bridgehead atoms. The molecule has 0 aliphatic heterocycles. The van der Waals surface area contributed by atoms with Gasteiger partial charge in [-0.05, 0) is 27.9 Å². The molecule has 70 valence electrons. The summed E-state index contributed by atoms with van der Waals surface area (Å²) in [4.78, 5) is 0. The molecule has 2 N–H and O–H groups in total. The van der Waals surface area contributed by atoms with E-state index in [0.717, 1.165) is 16.2 Å². The summed E-state index contributed by atoms with van der Waals surface area (Å²) < 4.78 is 5.88. The largest absolute Gasteiger partial charge is 0.467 e. The van der Waals surface area contributed by atoms with Crippen molar-refractivity contribution in [3.8, 4) is 0 Å². The van der Waals surface area contributed by atoms with E-state index in [9.17, 15) is 0 Å². The van der Waals surface area contributed by atoms with Crippen molar-refractivity contribution in [2.45, 2.75) is 27.3 Å². The molecule has 0 spiro atoms. The van der Waals surface area contributed by atoms with Crippen LogP contribution in [0, 0.1) is 5.92 Å². The molecule has 0 fully saturated rings. The van der Waals surface area contributed by atoms with Gasteiger partial charge in [-0.1, -0.05) is 20.8 Å². The Kier molecular flexibility index (Phi) is 6.11. The minimum absolute atomic E-state index is 0.464. The molecule has 0 aliphatic carbocycles. The highest BCUT2D eigenvalue weighted by molar-refractivity contribution is 9.10. The number of hydrogen-bond acceptors (Lipinski definition) is 2. The quantitative estimate of drug-likeness (QED) is 0.810. The van der Waals surface area contributed by atoms with Crippen LogP contribution in [0.15, 0.2) is 21.2 Å². The topological polar surface area (TPSA) is 39.2 Å². The van der Waals surface area contributed by atoms with E-state index in [1.54, 1.807) is 6.26 Å². The van der Waals surface area contributed by atoms with Crippen molar-refractivity contribution < 1.29 is 4.42 Å². The van der Waals surface area contributed by atoms with Crippen LogP contribution in [0.25, 0.3) is 0 Å². The first-order valence-electron chi connectivity index (χ1n) is 3.99. The lowest BCUT2D eigenvalue weighted by atomic mass is 10.3. The fourth-order valence-electron chi connectivity index (χ4n) is 0.461. The van der Waals surface area contributed by atoms with Crippen LogP contribution in [0.1, 0.15) is 26.5 Å². The Morgan fingerprint density at radius 3 is 2.17 bits per heavy atom. The monoisotopic (exact) mass is 233 g/mol. The summed E-state index contributed by atoms with van der Waals surface area (Å²) in [6.07, 6.45) is 1.61. The van der Waals surface area contributed by atoms with Gasteiger partial charge in [0.05, 0.1) is 11.0 Å². The van der Waals surface area contributed by atoms with Crippen LogP contribution in [0.5, 0.6) is 0 Å². The van der Waals surface area contributed by atoms with Crippen molar-refractivity contribution in [2.24, 2.45) is 11.7 Å². The third-order valence-corrected chi connectivity index (χ3v) is 1.24. The van der Waals surface area contributed by atoms with Crippen LogP contribution in [0.4, 0.5) is 0 Å². The van der Waals surface area contributed by atoms with E-state index in [4.69, 9.17) is 10.2 Å². The van der Waals surface area contributed by atoms with Gasteiger partial charge in [0.1, 0.15) is 12.0 Å². The molecule has 1 heterocycles. The van der Waals surface area contributed by atoms with Crippen molar-refractivity contribution in [3.05, 3.63) is 22.6 Å². The third kappa shape index (κ3) is 6.43. The fraction of sp³-hybridized carbons (Fsp3) is 0.556. The summed E-state index contributed by atoms with van der Waals surface area (Å²) in [5.74, 6) is 1.64. The summed E-state index contributed by atoms with van der Waals surface area (Å²) >= 11 is 3.22. The van der Waals surface area contributed by atoms with Crippen LogP contribution < -0.4 is 5.73 Å². The van der Waals surface area contributed by atoms with Gasteiger partial charge in [-0.2, -0.15) is 0 Å². The SMILES string of the molecule is CC(C)C.NCc1cc(Br)co1. The molecule has 0 radical (unpaired) electrons. The zero-order valence-electron chi connectivity index (χ0n) is 7.80. The lowest BCUT2D eigenvalue weighted by Crippen LogP contribution is -1.92.